The number of likely N-dealkylation sites (tertiary alicyclic amines) is 1. The molecule has 0 unspecified atom stereocenters. The molecule has 0 bridgehead atoms. The van der Waals surface area contributed by atoms with Crippen molar-refractivity contribution in [1.29, 1.82) is 0 Å². The molecule has 1 saturated heterocycles. The van der Waals surface area contributed by atoms with Crippen LogP contribution in [0.3, 0.4) is 0 Å². The predicted molar refractivity (Wildman–Crippen MR) is 76.5 cm³/mol. The van der Waals surface area contributed by atoms with Gasteiger partial charge in [0.15, 0.2) is 0 Å². The quantitative estimate of drug-likeness (QED) is 0.819. The van der Waals surface area contributed by atoms with Crippen LogP contribution in [0.15, 0.2) is 0 Å². The maximum absolute atomic E-state index is 12.5. The third-order valence-corrected chi connectivity index (χ3v) is 4.23. The molecule has 0 aromatic carbocycles. The van der Waals surface area contributed by atoms with Gasteiger partial charge in [-0.2, -0.15) is 0 Å². The molecule has 1 saturated carbocycles. The lowest BCUT2D eigenvalue weighted by atomic mass is 9.94. The third kappa shape index (κ3) is 3.95. The highest BCUT2D eigenvalue weighted by Crippen LogP contribution is 2.30. The number of piperidine rings is 1. The number of rotatable bonds is 5. The summed E-state index contributed by atoms with van der Waals surface area (Å²) < 4.78 is 0. The van der Waals surface area contributed by atoms with Crippen molar-refractivity contribution in [3.05, 3.63) is 0 Å². The first-order valence-corrected chi connectivity index (χ1v) is 7.71. The minimum atomic E-state index is -0.956. The molecule has 0 aromatic rings. The predicted octanol–water partition coefficient (Wildman–Crippen LogP) is 0.957. The third-order valence-electron chi connectivity index (χ3n) is 4.23. The molecule has 0 aromatic heterocycles. The summed E-state index contributed by atoms with van der Waals surface area (Å²) in [4.78, 5) is 38.6. The first-order valence-electron chi connectivity index (χ1n) is 7.71. The summed E-state index contributed by atoms with van der Waals surface area (Å²) in [6.07, 6.45) is 3.09. The van der Waals surface area contributed by atoms with E-state index in [1.807, 2.05) is 18.7 Å². The van der Waals surface area contributed by atoms with E-state index in [4.69, 9.17) is 5.11 Å². The zero-order valence-electron chi connectivity index (χ0n) is 12.7. The monoisotopic (exact) mass is 296 g/mol. The van der Waals surface area contributed by atoms with E-state index in [1.54, 1.807) is 0 Å². The first kappa shape index (κ1) is 15.8. The SMILES string of the molecule is CC(C)C(=O)N1CCC(C(=O)N(CC(=O)O)C2CC2)CC1. The van der Waals surface area contributed by atoms with Gasteiger partial charge in [-0.15, -0.1) is 0 Å². The molecule has 0 radical (unpaired) electrons. The van der Waals surface area contributed by atoms with E-state index in [-0.39, 0.29) is 36.2 Å². The van der Waals surface area contributed by atoms with Crippen LogP contribution in [0.25, 0.3) is 0 Å². The molecule has 1 aliphatic carbocycles. The summed E-state index contributed by atoms with van der Waals surface area (Å²) in [6.45, 7) is 4.75. The number of aliphatic carboxylic acids is 1. The normalized spacial score (nSPS) is 19.7. The summed E-state index contributed by atoms with van der Waals surface area (Å²) >= 11 is 0. The lowest BCUT2D eigenvalue weighted by Gasteiger charge is -2.34. The molecule has 118 valence electrons. The second-order valence-electron chi connectivity index (χ2n) is 6.35. The van der Waals surface area contributed by atoms with Crippen molar-refractivity contribution < 1.29 is 19.5 Å². The fourth-order valence-electron chi connectivity index (χ4n) is 2.87. The lowest BCUT2D eigenvalue weighted by molar-refractivity contribution is -0.148. The molecule has 6 heteroatoms. The van der Waals surface area contributed by atoms with Gasteiger partial charge in [-0.25, -0.2) is 0 Å². The fourth-order valence-corrected chi connectivity index (χ4v) is 2.87. The van der Waals surface area contributed by atoms with Crippen LogP contribution in [0.5, 0.6) is 0 Å². The Bertz CT molecular complexity index is 423. The molecule has 1 N–H and O–H groups in total. The van der Waals surface area contributed by atoms with Crippen LogP contribution in [0.2, 0.25) is 0 Å². The summed E-state index contributed by atoms with van der Waals surface area (Å²) in [5.74, 6) is -1.03. The molecule has 1 heterocycles. The average Bonchev–Trinajstić information content (AvgIpc) is 3.27. The molecule has 6 nitrogen and oxygen atoms in total. The summed E-state index contributed by atoms with van der Waals surface area (Å²) in [5.41, 5.74) is 0. The number of nitrogens with zero attached hydrogens (tertiary/aromatic N) is 2. The number of amides is 2. The molecule has 21 heavy (non-hydrogen) atoms. The zero-order chi connectivity index (χ0) is 15.6. The molecular weight excluding hydrogens is 272 g/mol. The second-order valence-corrected chi connectivity index (χ2v) is 6.35. The van der Waals surface area contributed by atoms with Gasteiger partial charge in [0.1, 0.15) is 6.54 Å². The molecule has 2 rings (SSSR count). The van der Waals surface area contributed by atoms with Crippen LogP contribution in [-0.4, -0.2) is 58.4 Å². The smallest absolute Gasteiger partial charge is 0.323 e. The Balaban J connectivity index is 1.90. The topological polar surface area (TPSA) is 77.9 Å². The number of hydrogen-bond acceptors (Lipinski definition) is 3. The largest absolute Gasteiger partial charge is 0.480 e. The summed E-state index contributed by atoms with van der Waals surface area (Å²) in [5, 5.41) is 8.94. The van der Waals surface area contributed by atoms with Crippen LogP contribution in [0.1, 0.15) is 39.5 Å². The molecule has 1 aliphatic heterocycles. The minimum absolute atomic E-state index is 0.0211. The van der Waals surface area contributed by atoms with Crippen LogP contribution in [-0.2, 0) is 14.4 Å². The highest BCUT2D eigenvalue weighted by atomic mass is 16.4. The van der Waals surface area contributed by atoms with E-state index >= 15 is 0 Å². The number of carbonyl (C=O) groups is 3. The minimum Gasteiger partial charge on any atom is -0.480 e. The van der Waals surface area contributed by atoms with Gasteiger partial charge in [0.05, 0.1) is 0 Å². The Labute approximate surface area is 125 Å². The molecule has 2 aliphatic rings. The first-order chi connectivity index (χ1) is 9.90. The number of hydrogen-bond donors (Lipinski definition) is 1. The van der Waals surface area contributed by atoms with Gasteiger partial charge in [-0.1, -0.05) is 13.8 Å². The summed E-state index contributed by atoms with van der Waals surface area (Å²) in [6, 6.07) is 0.115. The Morgan fingerprint density at radius 2 is 1.71 bits per heavy atom. The van der Waals surface area contributed by atoms with Gasteiger partial charge in [-0.05, 0) is 25.7 Å². The molecular formula is C15H24N2O4. The number of carboxylic acid groups (broad SMARTS) is 1. The van der Waals surface area contributed by atoms with Crippen molar-refractivity contribution in [2.75, 3.05) is 19.6 Å². The van der Waals surface area contributed by atoms with Crippen molar-refractivity contribution in [3.63, 3.8) is 0 Å². The van der Waals surface area contributed by atoms with Gasteiger partial charge in [0.2, 0.25) is 11.8 Å². The molecule has 0 atom stereocenters. The maximum Gasteiger partial charge on any atom is 0.323 e. The lowest BCUT2D eigenvalue weighted by Crippen LogP contribution is -2.47. The fraction of sp³-hybridized carbons (Fsp3) is 0.800. The van der Waals surface area contributed by atoms with E-state index in [0.717, 1.165) is 12.8 Å². The number of carbonyl (C=O) groups excluding carboxylic acids is 2. The van der Waals surface area contributed by atoms with Crippen LogP contribution < -0.4 is 0 Å². The van der Waals surface area contributed by atoms with E-state index in [9.17, 15) is 14.4 Å². The van der Waals surface area contributed by atoms with Gasteiger partial charge >= 0.3 is 5.97 Å². The molecule has 0 spiro atoms. The molecule has 2 fully saturated rings. The zero-order valence-corrected chi connectivity index (χ0v) is 12.7. The van der Waals surface area contributed by atoms with E-state index in [1.165, 1.54) is 4.90 Å². The second kappa shape index (κ2) is 6.45. The van der Waals surface area contributed by atoms with Crippen molar-refractivity contribution in [2.45, 2.75) is 45.6 Å². The van der Waals surface area contributed by atoms with Gasteiger partial charge < -0.3 is 14.9 Å². The van der Waals surface area contributed by atoms with Gasteiger partial charge in [-0.3, -0.25) is 14.4 Å². The maximum atomic E-state index is 12.5. The van der Waals surface area contributed by atoms with Crippen LogP contribution in [0, 0.1) is 11.8 Å². The Morgan fingerprint density at radius 3 is 2.14 bits per heavy atom. The highest BCUT2D eigenvalue weighted by Gasteiger charge is 2.38. The molecule has 2 amide bonds. The van der Waals surface area contributed by atoms with E-state index in [2.05, 4.69) is 0 Å². The van der Waals surface area contributed by atoms with Crippen molar-refractivity contribution in [1.82, 2.24) is 9.80 Å². The Kier molecular flexibility index (Phi) is 4.85. The standard InChI is InChI=1S/C15H24N2O4/c1-10(2)14(20)16-7-5-11(6-8-16)15(21)17(9-13(18)19)12-3-4-12/h10-12H,3-9H2,1-2H3,(H,18,19). The summed E-state index contributed by atoms with van der Waals surface area (Å²) in [7, 11) is 0. The highest BCUT2D eigenvalue weighted by molar-refractivity contribution is 5.84. The van der Waals surface area contributed by atoms with Crippen molar-refractivity contribution >= 4 is 17.8 Å². The van der Waals surface area contributed by atoms with Crippen molar-refractivity contribution in [2.24, 2.45) is 11.8 Å². The van der Waals surface area contributed by atoms with Crippen LogP contribution >= 0.6 is 0 Å². The van der Waals surface area contributed by atoms with Crippen LogP contribution in [0.4, 0.5) is 0 Å². The Morgan fingerprint density at radius 1 is 1.14 bits per heavy atom. The average molecular weight is 296 g/mol. The number of carboxylic acids is 1. The van der Waals surface area contributed by atoms with E-state index < -0.39 is 5.97 Å². The van der Waals surface area contributed by atoms with Gasteiger partial charge in [0, 0.05) is 31.0 Å². The van der Waals surface area contributed by atoms with E-state index in [0.29, 0.717) is 25.9 Å². The van der Waals surface area contributed by atoms with Gasteiger partial charge in [0.25, 0.3) is 0 Å². The van der Waals surface area contributed by atoms with Crippen molar-refractivity contribution in [3.8, 4) is 0 Å². The Hall–Kier alpha value is -1.59.